The summed E-state index contributed by atoms with van der Waals surface area (Å²) in [5.74, 6) is -1.50. The standard InChI is InChI=1S/C14H14ClNO4/c1-14(2,3)9-5-7(15)4-8(12(9)17)10-6-11(13(18)19)20-16-10/h4-6,17H,1-3H3,(H,18,19). The molecule has 0 unspecified atom stereocenters. The van der Waals surface area contributed by atoms with Gasteiger partial charge in [-0.25, -0.2) is 4.79 Å². The lowest BCUT2D eigenvalue weighted by molar-refractivity contribution is 0.0652. The molecule has 0 fully saturated rings. The number of aromatic hydroxyl groups is 1. The number of hydrogen-bond acceptors (Lipinski definition) is 4. The maximum atomic E-state index is 10.8. The van der Waals surface area contributed by atoms with Crippen LogP contribution < -0.4 is 0 Å². The highest BCUT2D eigenvalue weighted by atomic mass is 35.5. The molecule has 2 rings (SSSR count). The minimum absolute atomic E-state index is 0.0205. The number of benzene rings is 1. The summed E-state index contributed by atoms with van der Waals surface area (Å²) in [5, 5.41) is 23.3. The zero-order valence-electron chi connectivity index (χ0n) is 11.3. The monoisotopic (exact) mass is 295 g/mol. The molecule has 1 heterocycles. The Morgan fingerprint density at radius 2 is 1.95 bits per heavy atom. The summed E-state index contributed by atoms with van der Waals surface area (Å²) in [6.45, 7) is 5.81. The summed E-state index contributed by atoms with van der Waals surface area (Å²) in [5.41, 5.74) is 0.912. The van der Waals surface area contributed by atoms with E-state index < -0.39 is 5.97 Å². The molecule has 0 aliphatic heterocycles. The van der Waals surface area contributed by atoms with E-state index in [9.17, 15) is 9.90 Å². The van der Waals surface area contributed by atoms with Gasteiger partial charge in [0, 0.05) is 22.2 Å². The maximum absolute atomic E-state index is 10.8. The lowest BCUT2D eigenvalue weighted by Crippen LogP contribution is -2.11. The number of rotatable bonds is 2. The van der Waals surface area contributed by atoms with Gasteiger partial charge in [0.1, 0.15) is 11.4 Å². The SMILES string of the molecule is CC(C)(C)c1cc(Cl)cc(-c2cc(C(=O)O)on2)c1O. The van der Waals surface area contributed by atoms with Crippen molar-refractivity contribution in [3.05, 3.63) is 34.5 Å². The number of phenols is 1. The minimum Gasteiger partial charge on any atom is -0.507 e. The molecule has 0 saturated carbocycles. The van der Waals surface area contributed by atoms with Crippen LogP contribution in [0.2, 0.25) is 5.02 Å². The van der Waals surface area contributed by atoms with Gasteiger partial charge in [-0.05, 0) is 17.5 Å². The van der Waals surface area contributed by atoms with Crippen LogP contribution in [0.1, 0.15) is 36.9 Å². The third kappa shape index (κ3) is 2.63. The molecule has 0 radical (unpaired) electrons. The smallest absolute Gasteiger partial charge is 0.374 e. The average molecular weight is 296 g/mol. The van der Waals surface area contributed by atoms with Gasteiger partial charge < -0.3 is 14.7 Å². The van der Waals surface area contributed by atoms with Crippen LogP contribution in [-0.4, -0.2) is 21.3 Å². The van der Waals surface area contributed by atoms with E-state index in [1.54, 1.807) is 6.07 Å². The van der Waals surface area contributed by atoms with Crippen molar-refractivity contribution in [1.82, 2.24) is 5.16 Å². The normalized spacial score (nSPS) is 11.6. The maximum Gasteiger partial charge on any atom is 0.374 e. The Morgan fingerprint density at radius 3 is 2.45 bits per heavy atom. The summed E-state index contributed by atoms with van der Waals surface area (Å²) in [4.78, 5) is 10.8. The number of hydrogen-bond donors (Lipinski definition) is 2. The summed E-state index contributed by atoms with van der Waals surface area (Å²) in [6.07, 6.45) is 0. The highest BCUT2D eigenvalue weighted by Gasteiger charge is 2.23. The Balaban J connectivity index is 2.62. The third-order valence-electron chi connectivity index (χ3n) is 2.88. The number of halogens is 1. The van der Waals surface area contributed by atoms with E-state index in [1.165, 1.54) is 12.1 Å². The second-order valence-electron chi connectivity index (χ2n) is 5.48. The molecule has 20 heavy (non-hydrogen) atoms. The predicted octanol–water partition coefficient (Wildman–Crippen LogP) is 3.70. The van der Waals surface area contributed by atoms with Crippen LogP contribution in [0.3, 0.4) is 0 Å². The van der Waals surface area contributed by atoms with Crippen molar-refractivity contribution in [2.45, 2.75) is 26.2 Å². The Bertz CT molecular complexity index is 670. The Kier molecular flexibility index (Phi) is 3.48. The van der Waals surface area contributed by atoms with Crippen LogP contribution in [0.5, 0.6) is 5.75 Å². The quantitative estimate of drug-likeness (QED) is 0.882. The molecule has 0 aliphatic carbocycles. The zero-order chi connectivity index (χ0) is 15.1. The molecule has 2 N–H and O–H groups in total. The molecule has 0 bridgehead atoms. The number of phenolic OH excluding ortho intramolecular Hbond substituents is 1. The van der Waals surface area contributed by atoms with Crippen LogP contribution in [-0.2, 0) is 5.41 Å². The first-order valence-corrected chi connectivity index (χ1v) is 6.31. The molecule has 0 amide bonds. The lowest BCUT2D eigenvalue weighted by Gasteiger charge is -2.22. The van der Waals surface area contributed by atoms with Crippen molar-refractivity contribution in [1.29, 1.82) is 0 Å². The molecule has 0 spiro atoms. The number of nitrogens with zero attached hydrogens (tertiary/aromatic N) is 1. The summed E-state index contributed by atoms with van der Waals surface area (Å²) in [6, 6.07) is 4.45. The van der Waals surface area contributed by atoms with Crippen molar-refractivity contribution in [3.8, 4) is 17.0 Å². The highest BCUT2D eigenvalue weighted by molar-refractivity contribution is 6.31. The van der Waals surface area contributed by atoms with Gasteiger partial charge in [0.05, 0.1) is 0 Å². The molecule has 2 aromatic rings. The molecule has 0 atom stereocenters. The van der Waals surface area contributed by atoms with Gasteiger partial charge >= 0.3 is 5.97 Å². The first-order chi connectivity index (χ1) is 9.20. The second-order valence-corrected chi connectivity index (χ2v) is 5.92. The van der Waals surface area contributed by atoms with Crippen molar-refractivity contribution < 1.29 is 19.5 Å². The van der Waals surface area contributed by atoms with Crippen molar-refractivity contribution in [2.24, 2.45) is 0 Å². The second kappa shape index (κ2) is 4.83. The van der Waals surface area contributed by atoms with Gasteiger partial charge in [0.15, 0.2) is 0 Å². The van der Waals surface area contributed by atoms with Gasteiger partial charge in [-0.2, -0.15) is 0 Å². The number of aromatic carboxylic acids is 1. The molecule has 1 aromatic carbocycles. The molecule has 5 nitrogen and oxygen atoms in total. The zero-order valence-corrected chi connectivity index (χ0v) is 12.0. The first-order valence-electron chi connectivity index (χ1n) is 5.93. The fraction of sp³-hybridized carbons (Fsp3) is 0.286. The highest BCUT2D eigenvalue weighted by Crippen LogP contribution is 2.40. The average Bonchev–Trinajstić information content (AvgIpc) is 2.79. The minimum atomic E-state index is -1.22. The summed E-state index contributed by atoms with van der Waals surface area (Å²) in [7, 11) is 0. The van der Waals surface area contributed by atoms with E-state index in [-0.39, 0.29) is 22.6 Å². The van der Waals surface area contributed by atoms with Crippen molar-refractivity contribution >= 4 is 17.6 Å². The number of carbonyl (C=O) groups is 1. The third-order valence-corrected chi connectivity index (χ3v) is 3.10. The van der Waals surface area contributed by atoms with Gasteiger partial charge in [-0.3, -0.25) is 0 Å². The van der Waals surface area contributed by atoms with E-state index in [4.69, 9.17) is 21.2 Å². The van der Waals surface area contributed by atoms with Crippen molar-refractivity contribution in [2.75, 3.05) is 0 Å². The van der Waals surface area contributed by atoms with Gasteiger partial charge in [0.2, 0.25) is 5.76 Å². The van der Waals surface area contributed by atoms with E-state index in [1.807, 2.05) is 20.8 Å². The number of carboxylic acid groups (broad SMARTS) is 1. The fourth-order valence-electron chi connectivity index (χ4n) is 1.87. The fourth-order valence-corrected chi connectivity index (χ4v) is 2.09. The predicted molar refractivity (Wildman–Crippen MR) is 74.3 cm³/mol. The molecule has 0 saturated heterocycles. The van der Waals surface area contributed by atoms with Gasteiger partial charge in [0.25, 0.3) is 0 Å². The molecule has 1 aromatic heterocycles. The summed E-state index contributed by atoms with van der Waals surface area (Å²) < 4.78 is 4.70. The molecule has 6 heteroatoms. The molecular weight excluding hydrogens is 282 g/mol. The Hall–Kier alpha value is -2.01. The largest absolute Gasteiger partial charge is 0.507 e. The van der Waals surface area contributed by atoms with Crippen LogP contribution in [0.4, 0.5) is 0 Å². The summed E-state index contributed by atoms with van der Waals surface area (Å²) >= 11 is 6.06. The van der Waals surface area contributed by atoms with E-state index in [2.05, 4.69) is 5.16 Å². The topological polar surface area (TPSA) is 83.6 Å². The van der Waals surface area contributed by atoms with E-state index >= 15 is 0 Å². The van der Waals surface area contributed by atoms with Gasteiger partial charge in [-0.1, -0.05) is 37.5 Å². The van der Waals surface area contributed by atoms with E-state index in [0.29, 0.717) is 16.1 Å². The van der Waals surface area contributed by atoms with E-state index in [0.717, 1.165) is 0 Å². The first kappa shape index (κ1) is 14.4. The molecule has 106 valence electrons. The van der Waals surface area contributed by atoms with Crippen LogP contribution in [0, 0.1) is 0 Å². The van der Waals surface area contributed by atoms with Crippen LogP contribution in [0.15, 0.2) is 22.7 Å². The Labute approximate surface area is 120 Å². The van der Waals surface area contributed by atoms with Crippen LogP contribution >= 0.6 is 11.6 Å². The number of carboxylic acids is 1. The molecular formula is C14H14ClNO4. The lowest BCUT2D eigenvalue weighted by atomic mass is 9.85. The van der Waals surface area contributed by atoms with Crippen LogP contribution in [0.25, 0.3) is 11.3 Å². The number of aromatic nitrogens is 1. The van der Waals surface area contributed by atoms with Gasteiger partial charge in [-0.15, -0.1) is 0 Å². The Morgan fingerprint density at radius 1 is 1.30 bits per heavy atom. The van der Waals surface area contributed by atoms with Crippen molar-refractivity contribution in [3.63, 3.8) is 0 Å². The molecule has 0 aliphatic rings.